The van der Waals surface area contributed by atoms with Crippen LogP contribution in [0.4, 0.5) is 5.69 Å². The molecule has 1 amide bonds. The van der Waals surface area contributed by atoms with Crippen LogP contribution in [0.15, 0.2) is 48.5 Å². The predicted octanol–water partition coefficient (Wildman–Crippen LogP) is 4.82. The number of ether oxygens (including phenoxy) is 1. The van der Waals surface area contributed by atoms with E-state index in [4.69, 9.17) is 4.74 Å². The van der Waals surface area contributed by atoms with Gasteiger partial charge in [0.05, 0.1) is 6.61 Å². The molecule has 116 valence electrons. The molecule has 0 heterocycles. The third kappa shape index (κ3) is 4.92. The summed E-state index contributed by atoms with van der Waals surface area (Å²) in [6, 6.07) is 15.0. The Morgan fingerprint density at radius 2 is 1.86 bits per heavy atom. The minimum Gasteiger partial charge on any atom is -0.494 e. The largest absolute Gasteiger partial charge is 0.494 e. The minimum atomic E-state index is -0.108. The molecule has 0 aliphatic carbocycles. The number of unbranched alkanes of at least 4 members (excludes halogenated alkanes) is 2. The van der Waals surface area contributed by atoms with E-state index in [1.807, 2.05) is 43.3 Å². The molecule has 3 heteroatoms. The van der Waals surface area contributed by atoms with Crippen LogP contribution in [0.5, 0.6) is 5.75 Å². The van der Waals surface area contributed by atoms with Crippen LogP contribution >= 0.6 is 0 Å². The maximum Gasteiger partial charge on any atom is 0.255 e. The first-order valence-electron chi connectivity index (χ1n) is 7.80. The fourth-order valence-electron chi connectivity index (χ4n) is 2.17. The Morgan fingerprint density at radius 1 is 1.09 bits per heavy atom. The van der Waals surface area contributed by atoms with Gasteiger partial charge in [0.15, 0.2) is 0 Å². The van der Waals surface area contributed by atoms with Crippen molar-refractivity contribution in [3.8, 4) is 5.75 Å². The Morgan fingerprint density at radius 3 is 2.55 bits per heavy atom. The molecular formula is C19H23NO2. The summed E-state index contributed by atoms with van der Waals surface area (Å²) in [4.78, 5) is 12.2. The number of carbonyl (C=O) groups is 1. The summed E-state index contributed by atoms with van der Waals surface area (Å²) in [5, 5.41) is 2.90. The van der Waals surface area contributed by atoms with Crippen molar-refractivity contribution in [3.63, 3.8) is 0 Å². The van der Waals surface area contributed by atoms with Gasteiger partial charge in [0.1, 0.15) is 5.75 Å². The number of rotatable bonds is 7. The average Bonchev–Trinajstić information content (AvgIpc) is 2.52. The van der Waals surface area contributed by atoms with Crippen LogP contribution in [0.2, 0.25) is 0 Å². The van der Waals surface area contributed by atoms with Crippen molar-refractivity contribution < 1.29 is 9.53 Å². The molecule has 0 radical (unpaired) electrons. The second-order valence-electron chi connectivity index (χ2n) is 5.40. The summed E-state index contributed by atoms with van der Waals surface area (Å²) in [5.74, 6) is 0.700. The molecular weight excluding hydrogens is 274 g/mol. The first kappa shape index (κ1) is 16.1. The monoisotopic (exact) mass is 297 g/mol. The molecule has 22 heavy (non-hydrogen) atoms. The summed E-state index contributed by atoms with van der Waals surface area (Å²) in [6.07, 6.45) is 3.42. The number of hydrogen-bond acceptors (Lipinski definition) is 2. The number of aryl methyl sites for hydroxylation is 1. The minimum absolute atomic E-state index is 0.108. The first-order chi connectivity index (χ1) is 10.7. The molecule has 0 bridgehead atoms. The van der Waals surface area contributed by atoms with E-state index in [9.17, 15) is 4.79 Å². The lowest BCUT2D eigenvalue weighted by atomic mass is 10.2. The molecule has 0 fully saturated rings. The fraction of sp³-hybridized carbons (Fsp3) is 0.316. The number of nitrogens with one attached hydrogen (secondary N) is 1. The van der Waals surface area contributed by atoms with E-state index in [-0.39, 0.29) is 5.91 Å². The standard InChI is InChI=1S/C19H23NO2/c1-3-4-5-13-22-18-11-9-16(10-12-18)19(21)20-17-8-6-7-15(2)14-17/h6-12,14H,3-5,13H2,1-2H3,(H,20,21). The van der Waals surface area contributed by atoms with Crippen molar-refractivity contribution >= 4 is 11.6 Å². The Hall–Kier alpha value is -2.29. The normalized spacial score (nSPS) is 10.3. The Labute approximate surface area is 132 Å². The highest BCUT2D eigenvalue weighted by atomic mass is 16.5. The fourth-order valence-corrected chi connectivity index (χ4v) is 2.17. The van der Waals surface area contributed by atoms with Crippen LogP contribution in [-0.4, -0.2) is 12.5 Å². The molecule has 0 atom stereocenters. The van der Waals surface area contributed by atoms with Crippen molar-refractivity contribution in [2.45, 2.75) is 33.1 Å². The molecule has 3 nitrogen and oxygen atoms in total. The van der Waals surface area contributed by atoms with Crippen LogP contribution in [0.1, 0.15) is 42.1 Å². The van der Waals surface area contributed by atoms with E-state index in [0.29, 0.717) is 5.56 Å². The van der Waals surface area contributed by atoms with Gasteiger partial charge in [-0.2, -0.15) is 0 Å². The lowest BCUT2D eigenvalue weighted by Gasteiger charge is -2.08. The van der Waals surface area contributed by atoms with Crippen molar-refractivity contribution in [1.82, 2.24) is 0 Å². The second-order valence-corrected chi connectivity index (χ2v) is 5.40. The quantitative estimate of drug-likeness (QED) is 0.744. The number of carbonyl (C=O) groups excluding carboxylic acids is 1. The second kappa shape index (κ2) is 8.23. The van der Waals surface area contributed by atoms with Gasteiger partial charge in [0.2, 0.25) is 0 Å². The summed E-state index contributed by atoms with van der Waals surface area (Å²) in [7, 11) is 0. The molecule has 0 saturated carbocycles. The average molecular weight is 297 g/mol. The van der Waals surface area contributed by atoms with E-state index in [1.54, 1.807) is 12.1 Å². The van der Waals surface area contributed by atoms with E-state index >= 15 is 0 Å². The van der Waals surface area contributed by atoms with Crippen molar-refractivity contribution in [2.24, 2.45) is 0 Å². The predicted molar refractivity (Wildman–Crippen MR) is 90.6 cm³/mol. The van der Waals surface area contributed by atoms with Gasteiger partial charge >= 0.3 is 0 Å². The molecule has 2 rings (SSSR count). The van der Waals surface area contributed by atoms with Gasteiger partial charge in [-0.3, -0.25) is 4.79 Å². The van der Waals surface area contributed by atoms with Gasteiger partial charge in [-0.25, -0.2) is 0 Å². The molecule has 0 aromatic heterocycles. The van der Waals surface area contributed by atoms with Crippen molar-refractivity contribution in [2.75, 3.05) is 11.9 Å². The zero-order valence-electron chi connectivity index (χ0n) is 13.3. The van der Waals surface area contributed by atoms with E-state index in [1.165, 1.54) is 12.8 Å². The first-order valence-corrected chi connectivity index (χ1v) is 7.80. The van der Waals surface area contributed by atoms with Gasteiger partial charge in [-0.15, -0.1) is 0 Å². The van der Waals surface area contributed by atoms with Crippen LogP contribution in [0.3, 0.4) is 0 Å². The molecule has 1 N–H and O–H groups in total. The molecule has 2 aromatic carbocycles. The highest BCUT2D eigenvalue weighted by Crippen LogP contribution is 2.15. The lowest BCUT2D eigenvalue weighted by Crippen LogP contribution is -2.11. The summed E-state index contributed by atoms with van der Waals surface area (Å²) in [5.41, 5.74) is 2.56. The number of anilines is 1. The molecule has 0 aliphatic heterocycles. The van der Waals surface area contributed by atoms with E-state index in [0.717, 1.165) is 30.0 Å². The zero-order chi connectivity index (χ0) is 15.8. The Balaban J connectivity index is 1.90. The van der Waals surface area contributed by atoms with Crippen molar-refractivity contribution in [1.29, 1.82) is 0 Å². The summed E-state index contributed by atoms with van der Waals surface area (Å²) >= 11 is 0. The number of hydrogen-bond donors (Lipinski definition) is 1. The number of amides is 1. The van der Waals surface area contributed by atoms with Crippen LogP contribution < -0.4 is 10.1 Å². The van der Waals surface area contributed by atoms with Gasteiger partial charge in [0.25, 0.3) is 5.91 Å². The molecule has 0 saturated heterocycles. The third-order valence-electron chi connectivity index (χ3n) is 3.41. The highest BCUT2D eigenvalue weighted by Gasteiger charge is 2.06. The van der Waals surface area contributed by atoms with Crippen molar-refractivity contribution in [3.05, 3.63) is 59.7 Å². The topological polar surface area (TPSA) is 38.3 Å². The molecule has 2 aromatic rings. The van der Waals surface area contributed by atoms with Gasteiger partial charge < -0.3 is 10.1 Å². The highest BCUT2D eigenvalue weighted by molar-refractivity contribution is 6.04. The number of benzene rings is 2. The SMILES string of the molecule is CCCCCOc1ccc(C(=O)Nc2cccc(C)c2)cc1. The zero-order valence-corrected chi connectivity index (χ0v) is 13.3. The molecule has 0 unspecified atom stereocenters. The smallest absolute Gasteiger partial charge is 0.255 e. The van der Waals surface area contributed by atoms with Crippen LogP contribution in [-0.2, 0) is 0 Å². The maximum absolute atomic E-state index is 12.2. The molecule has 0 aliphatic rings. The van der Waals surface area contributed by atoms with Crippen LogP contribution in [0, 0.1) is 6.92 Å². The van der Waals surface area contributed by atoms with E-state index in [2.05, 4.69) is 12.2 Å². The van der Waals surface area contributed by atoms with Gasteiger partial charge in [-0.1, -0.05) is 31.9 Å². The van der Waals surface area contributed by atoms with Gasteiger partial charge in [-0.05, 0) is 55.3 Å². The van der Waals surface area contributed by atoms with E-state index < -0.39 is 0 Å². The maximum atomic E-state index is 12.2. The Kier molecular flexibility index (Phi) is 6.01. The summed E-state index contributed by atoms with van der Waals surface area (Å²) < 4.78 is 5.65. The van der Waals surface area contributed by atoms with Crippen LogP contribution in [0.25, 0.3) is 0 Å². The lowest BCUT2D eigenvalue weighted by molar-refractivity contribution is 0.102. The van der Waals surface area contributed by atoms with Gasteiger partial charge in [0, 0.05) is 11.3 Å². The third-order valence-corrected chi connectivity index (χ3v) is 3.41. The Bertz CT molecular complexity index is 605. The summed E-state index contributed by atoms with van der Waals surface area (Å²) in [6.45, 7) is 4.89. The molecule has 0 spiro atoms.